The molecular formula is C17H25N3O4. The standard InChI is InChI=1S/C17H25N3O4/c1-11(16(21)19-17(22)18-13-6-7-13)20(2)10-12-5-8-14(23-3)9-15(12)24-4/h5,8-9,11,13H,6-7,10H2,1-4H3,(H2,18,19,21,22)/t11-/m1/s1. The molecule has 3 amide bonds. The molecule has 0 heterocycles. The van der Waals surface area contributed by atoms with Crippen LogP contribution in [0.25, 0.3) is 0 Å². The number of hydrogen-bond donors (Lipinski definition) is 2. The fourth-order valence-electron chi connectivity index (χ4n) is 2.25. The number of hydrogen-bond acceptors (Lipinski definition) is 5. The molecule has 0 spiro atoms. The third-order valence-corrected chi connectivity index (χ3v) is 4.10. The zero-order valence-electron chi connectivity index (χ0n) is 14.6. The molecular weight excluding hydrogens is 310 g/mol. The van der Waals surface area contributed by atoms with Gasteiger partial charge in [-0.15, -0.1) is 0 Å². The molecule has 7 nitrogen and oxygen atoms in total. The summed E-state index contributed by atoms with van der Waals surface area (Å²) in [7, 11) is 5.02. The van der Waals surface area contributed by atoms with Gasteiger partial charge in [0.05, 0.1) is 20.3 Å². The van der Waals surface area contributed by atoms with Crippen molar-refractivity contribution in [3.05, 3.63) is 23.8 Å². The van der Waals surface area contributed by atoms with Crippen molar-refractivity contribution in [3.63, 3.8) is 0 Å². The van der Waals surface area contributed by atoms with Crippen LogP contribution < -0.4 is 20.1 Å². The zero-order chi connectivity index (χ0) is 17.7. The lowest BCUT2D eigenvalue weighted by molar-refractivity contribution is -0.124. The van der Waals surface area contributed by atoms with E-state index in [1.54, 1.807) is 27.2 Å². The SMILES string of the molecule is COc1ccc(CN(C)[C@H](C)C(=O)NC(=O)NC2CC2)c(OC)c1. The Morgan fingerprint density at radius 1 is 1.29 bits per heavy atom. The van der Waals surface area contributed by atoms with E-state index >= 15 is 0 Å². The Morgan fingerprint density at radius 3 is 2.58 bits per heavy atom. The van der Waals surface area contributed by atoms with Crippen LogP contribution in [0.15, 0.2) is 18.2 Å². The number of nitrogens with zero attached hydrogens (tertiary/aromatic N) is 1. The van der Waals surface area contributed by atoms with Gasteiger partial charge in [0.25, 0.3) is 0 Å². The van der Waals surface area contributed by atoms with Gasteiger partial charge in [0.2, 0.25) is 5.91 Å². The molecule has 0 saturated heterocycles. The molecule has 1 atom stereocenters. The van der Waals surface area contributed by atoms with Crippen molar-refractivity contribution in [2.75, 3.05) is 21.3 Å². The highest BCUT2D eigenvalue weighted by atomic mass is 16.5. The highest BCUT2D eigenvalue weighted by Gasteiger charge is 2.26. The lowest BCUT2D eigenvalue weighted by Crippen LogP contribution is -2.48. The molecule has 1 aromatic rings. The first kappa shape index (κ1) is 18.1. The van der Waals surface area contributed by atoms with Crippen LogP contribution in [-0.2, 0) is 11.3 Å². The Labute approximate surface area is 142 Å². The van der Waals surface area contributed by atoms with Gasteiger partial charge in [-0.2, -0.15) is 0 Å². The highest BCUT2D eigenvalue weighted by molar-refractivity contribution is 5.96. The molecule has 132 valence electrons. The van der Waals surface area contributed by atoms with Crippen molar-refractivity contribution < 1.29 is 19.1 Å². The second-order valence-corrected chi connectivity index (χ2v) is 6.01. The Balaban J connectivity index is 1.93. The predicted molar refractivity (Wildman–Crippen MR) is 90.2 cm³/mol. The van der Waals surface area contributed by atoms with E-state index in [0.29, 0.717) is 18.0 Å². The number of benzene rings is 1. The normalized spacial score (nSPS) is 14.9. The minimum atomic E-state index is -0.457. The van der Waals surface area contributed by atoms with Gasteiger partial charge in [-0.05, 0) is 32.9 Å². The zero-order valence-corrected chi connectivity index (χ0v) is 14.6. The summed E-state index contributed by atoms with van der Waals surface area (Å²) in [4.78, 5) is 25.7. The van der Waals surface area contributed by atoms with Gasteiger partial charge in [0.15, 0.2) is 0 Å². The smallest absolute Gasteiger partial charge is 0.321 e. The van der Waals surface area contributed by atoms with E-state index in [0.717, 1.165) is 18.4 Å². The molecule has 1 saturated carbocycles. The summed E-state index contributed by atoms with van der Waals surface area (Å²) in [5.41, 5.74) is 0.933. The fourth-order valence-corrected chi connectivity index (χ4v) is 2.25. The van der Waals surface area contributed by atoms with Crippen molar-refractivity contribution in [3.8, 4) is 11.5 Å². The molecule has 0 aromatic heterocycles. The topological polar surface area (TPSA) is 79.9 Å². The van der Waals surface area contributed by atoms with E-state index < -0.39 is 12.1 Å². The van der Waals surface area contributed by atoms with Crippen LogP contribution in [0.1, 0.15) is 25.3 Å². The Morgan fingerprint density at radius 2 is 2.00 bits per heavy atom. The maximum absolute atomic E-state index is 12.2. The first-order valence-corrected chi connectivity index (χ1v) is 7.97. The molecule has 1 fully saturated rings. The second-order valence-electron chi connectivity index (χ2n) is 6.01. The average molecular weight is 335 g/mol. The van der Waals surface area contributed by atoms with Crippen LogP contribution >= 0.6 is 0 Å². The molecule has 2 N–H and O–H groups in total. The molecule has 0 unspecified atom stereocenters. The van der Waals surface area contributed by atoms with Crippen molar-refractivity contribution in [1.82, 2.24) is 15.5 Å². The van der Waals surface area contributed by atoms with Crippen LogP contribution in [-0.4, -0.2) is 50.2 Å². The summed E-state index contributed by atoms with van der Waals surface area (Å²) in [6, 6.07) is 4.88. The van der Waals surface area contributed by atoms with Gasteiger partial charge < -0.3 is 14.8 Å². The van der Waals surface area contributed by atoms with E-state index in [2.05, 4.69) is 10.6 Å². The molecule has 24 heavy (non-hydrogen) atoms. The van der Waals surface area contributed by atoms with Gasteiger partial charge in [0.1, 0.15) is 11.5 Å². The lowest BCUT2D eigenvalue weighted by atomic mass is 10.1. The molecule has 0 aliphatic heterocycles. The summed E-state index contributed by atoms with van der Waals surface area (Å²) in [5, 5.41) is 5.12. The highest BCUT2D eigenvalue weighted by Crippen LogP contribution is 2.25. The monoisotopic (exact) mass is 335 g/mol. The number of urea groups is 1. The van der Waals surface area contributed by atoms with Crippen LogP contribution in [0, 0.1) is 0 Å². The van der Waals surface area contributed by atoms with Crippen LogP contribution in [0.5, 0.6) is 11.5 Å². The van der Waals surface area contributed by atoms with Crippen molar-refractivity contribution in [1.29, 1.82) is 0 Å². The quantitative estimate of drug-likeness (QED) is 0.790. The molecule has 7 heteroatoms. The number of amides is 3. The van der Waals surface area contributed by atoms with Gasteiger partial charge in [-0.3, -0.25) is 15.0 Å². The van der Waals surface area contributed by atoms with E-state index in [9.17, 15) is 9.59 Å². The number of nitrogens with one attached hydrogen (secondary N) is 2. The van der Waals surface area contributed by atoms with Crippen molar-refractivity contribution in [2.45, 2.75) is 38.4 Å². The maximum Gasteiger partial charge on any atom is 0.321 e. The summed E-state index contributed by atoms with van der Waals surface area (Å²) in [6.45, 7) is 2.27. The number of imide groups is 1. The lowest BCUT2D eigenvalue weighted by Gasteiger charge is -2.24. The molecule has 1 aromatic carbocycles. The Kier molecular flexibility index (Phi) is 6.03. The number of likely N-dealkylation sites (N-methyl/N-ethyl adjacent to an activating group) is 1. The van der Waals surface area contributed by atoms with Gasteiger partial charge in [-0.1, -0.05) is 6.07 Å². The molecule has 0 radical (unpaired) electrons. The Hall–Kier alpha value is -2.28. The Bertz CT molecular complexity index is 601. The summed E-state index contributed by atoms with van der Waals surface area (Å²) in [5.74, 6) is 1.07. The first-order chi connectivity index (χ1) is 11.4. The van der Waals surface area contributed by atoms with E-state index in [-0.39, 0.29) is 11.9 Å². The van der Waals surface area contributed by atoms with E-state index in [1.165, 1.54) is 0 Å². The van der Waals surface area contributed by atoms with Crippen LogP contribution in [0.3, 0.4) is 0 Å². The second kappa shape index (κ2) is 8.01. The van der Waals surface area contributed by atoms with Gasteiger partial charge in [-0.25, -0.2) is 4.79 Å². The summed E-state index contributed by atoms with van der Waals surface area (Å²) < 4.78 is 10.6. The third-order valence-electron chi connectivity index (χ3n) is 4.10. The number of ether oxygens (including phenoxy) is 2. The largest absolute Gasteiger partial charge is 0.497 e. The molecule has 2 rings (SSSR count). The summed E-state index contributed by atoms with van der Waals surface area (Å²) >= 11 is 0. The minimum Gasteiger partial charge on any atom is -0.497 e. The minimum absolute atomic E-state index is 0.217. The van der Waals surface area contributed by atoms with E-state index in [1.807, 2.05) is 24.1 Å². The van der Waals surface area contributed by atoms with Gasteiger partial charge >= 0.3 is 6.03 Å². The van der Waals surface area contributed by atoms with Crippen molar-refractivity contribution >= 4 is 11.9 Å². The number of carbonyl (C=O) groups is 2. The molecule has 0 bridgehead atoms. The third kappa shape index (κ3) is 4.86. The summed E-state index contributed by atoms with van der Waals surface area (Å²) in [6.07, 6.45) is 1.96. The average Bonchev–Trinajstić information content (AvgIpc) is 3.37. The fraction of sp³-hybridized carbons (Fsp3) is 0.529. The number of rotatable bonds is 7. The molecule has 1 aliphatic rings. The number of carbonyl (C=O) groups excluding carboxylic acids is 2. The van der Waals surface area contributed by atoms with Crippen molar-refractivity contribution in [2.24, 2.45) is 0 Å². The first-order valence-electron chi connectivity index (χ1n) is 7.97. The van der Waals surface area contributed by atoms with Crippen LogP contribution in [0.4, 0.5) is 4.79 Å². The maximum atomic E-state index is 12.2. The van der Waals surface area contributed by atoms with Gasteiger partial charge in [0, 0.05) is 24.2 Å². The van der Waals surface area contributed by atoms with Crippen LogP contribution in [0.2, 0.25) is 0 Å². The molecule has 1 aliphatic carbocycles. The van der Waals surface area contributed by atoms with E-state index in [4.69, 9.17) is 9.47 Å². The predicted octanol–water partition coefficient (Wildman–Crippen LogP) is 1.51. The number of methoxy groups -OCH3 is 2.